The van der Waals surface area contributed by atoms with Crippen LogP contribution in [0.4, 0.5) is 29.3 Å². The number of rotatable bonds is 6. The molecule has 168 valence electrons. The minimum absolute atomic E-state index is 0.0949. The van der Waals surface area contributed by atoms with Crippen LogP contribution in [0, 0.1) is 0 Å². The van der Waals surface area contributed by atoms with Crippen LogP contribution >= 0.6 is 11.6 Å². The van der Waals surface area contributed by atoms with E-state index in [-0.39, 0.29) is 29.5 Å². The maximum Gasteiger partial charge on any atom is 0.417 e. The molecule has 0 unspecified atom stereocenters. The summed E-state index contributed by atoms with van der Waals surface area (Å²) in [6.45, 7) is 0. The quantitative estimate of drug-likeness (QED) is 0.438. The number of tetrazole rings is 1. The third-order valence-electron chi connectivity index (χ3n) is 4.37. The Morgan fingerprint density at radius 1 is 1.12 bits per heavy atom. The minimum atomic E-state index is -4.67. The summed E-state index contributed by atoms with van der Waals surface area (Å²) in [4.78, 5) is 23.9. The molecule has 32 heavy (non-hydrogen) atoms. The fraction of sp³-hybridized carbons (Fsp3) is 0.211. The molecule has 4 N–H and O–H groups in total. The molecule has 0 spiro atoms. The smallest absolute Gasteiger partial charge is 0.359 e. The molecule has 0 atom stereocenters. The molecule has 0 saturated carbocycles. The summed E-state index contributed by atoms with van der Waals surface area (Å²) in [7, 11) is 1.54. The van der Waals surface area contributed by atoms with Crippen LogP contribution in [-0.2, 0) is 17.4 Å². The number of hydrogen-bond acceptors (Lipinski definition) is 5. The van der Waals surface area contributed by atoms with Gasteiger partial charge in [0.2, 0.25) is 11.7 Å². The van der Waals surface area contributed by atoms with Crippen LogP contribution in [0.15, 0.2) is 36.4 Å². The number of aromatic nitrogens is 4. The molecule has 13 heteroatoms. The topological polar surface area (TPSA) is 125 Å². The highest BCUT2D eigenvalue weighted by Gasteiger charge is 2.33. The maximum atomic E-state index is 13.0. The van der Waals surface area contributed by atoms with Gasteiger partial charge in [0.15, 0.2) is 0 Å². The number of urea groups is 1. The number of benzene rings is 2. The van der Waals surface area contributed by atoms with Crippen molar-refractivity contribution in [3.8, 4) is 11.4 Å². The number of H-pyrrole nitrogens is 1. The van der Waals surface area contributed by atoms with Crippen molar-refractivity contribution in [2.24, 2.45) is 0 Å². The number of nitrogens with zero attached hydrogens (tertiary/aromatic N) is 3. The standard InChI is InChI=1S/C19H17ClF3N7O2/c1-24-16(31)7-3-10-2-6-15(12(8-10)17-27-29-30-28-17)26-18(32)25-11-4-5-14(20)13(9-11)19(21,22)23/h2,4-6,8-9H,3,7H2,1H3,(H,24,31)(H2,25,26,32)(H,27,28,29,30). The normalized spacial score (nSPS) is 11.2. The van der Waals surface area contributed by atoms with E-state index in [2.05, 4.69) is 36.6 Å². The van der Waals surface area contributed by atoms with Gasteiger partial charge < -0.3 is 16.0 Å². The zero-order valence-electron chi connectivity index (χ0n) is 16.5. The predicted octanol–water partition coefficient (Wildman–Crippen LogP) is 3.86. The number of anilines is 2. The van der Waals surface area contributed by atoms with E-state index in [1.165, 1.54) is 13.1 Å². The van der Waals surface area contributed by atoms with Crippen LogP contribution < -0.4 is 16.0 Å². The second kappa shape index (κ2) is 9.64. The molecular weight excluding hydrogens is 451 g/mol. The molecule has 0 aliphatic carbocycles. The molecule has 0 aliphatic rings. The van der Waals surface area contributed by atoms with Crippen molar-refractivity contribution in [1.29, 1.82) is 0 Å². The molecular formula is C19H17ClF3N7O2. The first-order valence-corrected chi connectivity index (χ1v) is 9.57. The number of alkyl halides is 3. The molecule has 3 rings (SSSR count). The molecule has 1 aromatic heterocycles. The summed E-state index contributed by atoms with van der Waals surface area (Å²) in [5.74, 6) is 0.0572. The highest BCUT2D eigenvalue weighted by Crippen LogP contribution is 2.36. The average Bonchev–Trinajstić information content (AvgIpc) is 3.28. The fourth-order valence-corrected chi connectivity index (χ4v) is 3.03. The molecule has 0 fully saturated rings. The van der Waals surface area contributed by atoms with Gasteiger partial charge in [0.1, 0.15) is 0 Å². The Morgan fingerprint density at radius 2 is 1.91 bits per heavy atom. The Morgan fingerprint density at radius 3 is 2.56 bits per heavy atom. The molecule has 2 aromatic carbocycles. The monoisotopic (exact) mass is 467 g/mol. The Hall–Kier alpha value is -3.67. The maximum absolute atomic E-state index is 13.0. The van der Waals surface area contributed by atoms with E-state index in [1.54, 1.807) is 18.2 Å². The Kier molecular flexibility index (Phi) is 6.93. The van der Waals surface area contributed by atoms with Crippen molar-refractivity contribution in [3.05, 3.63) is 52.5 Å². The van der Waals surface area contributed by atoms with Gasteiger partial charge in [-0.2, -0.15) is 18.4 Å². The summed E-state index contributed by atoms with van der Waals surface area (Å²) >= 11 is 5.60. The van der Waals surface area contributed by atoms with Crippen molar-refractivity contribution in [2.75, 3.05) is 17.7 Å². The molecule has 1 heterocycles. The number of aryl methyl sites for hydroxylation is 1. The third-order valence-corrected chi connectivity index (χ3v) is 4.70. The van der Waals surface area contributed by atoms with Gasteiger partial charge in [-0.05, 0) is 47.5 Å². The van der Waals surface area contributed by atoms with E-state index in [0.29, 0.717) is 12.0 Å². The largest absolute Gasteiger partial charge is 0.417 e. The Labute approximate surface area is 184 Å². The summed E-state index contributed by atoms with van der Waals surface area (Å²) in [5.41, 5.74) is 0.326. The molecule has 9 nitrogen and oxygen atoms in total. The lowest BCUT2D eigenvalue weighted by molar-refractivity contribution is -0.137. The number of carbonyl (C=O) groups excluding carboxylic acids is 2. The summed E-state index contributed by atoms with van der Waals surface area (Å²) < 4.78 is 39.1. The number of halogens is 4. The number of hydrogen-bond donors (Lipinski definition) is 4. The van der Waals surface area contributed by atoms with Crippen molar-refractivity contribution < 1.29 is 22.8 Å². The first-order valence-electron chi connectivity index (χ1n) is 9.19. The molecule has 3 amide bonds. The van der Waals surface area contributed by atoms with Crippen molar-refractivity contribution >= 4 is 34.9 Å². The van der Waals surface area contributed by atoms with E-state index in [0.717, 1.165) is 17.7 Å². The Balaban J connectivity index is 1.80. The SMILES string of the molecule is CNC(=O)CCc1ccc(NC(=O)Nc2ccc(Cl)c(C(F)(F)F)c2)c(-c2nn[nH]n2)c1. The highest BCUT2D eigenvalue weighted by atomic mass is 35.5. The molecule has 0 radical (unpaired) electrons. The van der Waals surface area contributed by atoms with Crippen molar-refractivity contribution in [2.45, 2.75) is 19.0 Å². The first kappa shape index (κ1) is 23.0. The van der Waals surface area contributed by atoms with E-state index in [1.807, 2.05) is 0 Å². The van der Waals surface area contributed by atoms with Crippen LogP contribution in [0.25, 0.3) is 11.4 Å². The molecule has 3 aromatic rings. The van der Waals surface area contributed by atoms with E-state index in [4.69, 9.17) is 11.6 Å². The summed E-state index contributed by atoms with van der Waals surface area (Å²) in [6.07, 6.45) is -3.98. The zero-order chi connectivity index (χ0) is 23.3. The van der Waals surface area contributed by atoms with Gasteiger partial charge in [-0.1, -0.05) is 17.7 Å². The van der Waals surface area contributed by atoms with Crippen LogP contribution in [0.2, 0.25) is 5.02 Å². The van der Waals surface area contributed by atoms with Crippen molar-refractivity contribution in [1.82, 2.24) is 25.9 Å². The average molecular weight is 468 g/mol. The lowest BCUT2D eigenvalue weighted by atomic mass is 10.0. The lowest BCUT2D eigenvalue weighted by Gasteiger charge is -2.14. The third kappa shape index (κ3) is 5.72. The lowest BCUT2D eigenvalue weighted by Crippen LogP contribution is -2.20. The van der Waals surface area contributed by atoms with E-state index in [9.17, 15) is 22.8 Å². The van der Waals surface area contributed by atoms with Gasteiger partial charge in [0.05, 0.1) is 16.3 Å². The second-order valence-electron chi connectivity index (χ2n) is 6.56. The van der Waals surface area contributed by atoms with Gasteiger partial charge in [0.25, 0.3) is 0 Å². The van der Waals surface area contributed by atoms with Crippen LogP contribution in [-0.4, -0.2) is 39.6 Å². The van der Waals surface area contributed by atoms with Gasteiger partial charge in [-0.25, -0.2) is 4.79 Å². The number of aromatic amines is 1. The number of amides is 3. The summed E-state index contributed by atoms with van der Waals surface area (Å²) in [6, 6.07) is 7.21. The van der Waals surface area contributed by atoms with Gasteiger partial charge in [-0.3, -0.25) is 4.79 Å². The minimum Gasteiger partial charge on any atom is -0.359 e. The zero-order valence-corrected chi connectivity index (χ0v) is 17.3. The second-order valence-corrected chi connectivity index (χ2v) is 6.97. The van der Waals surface area contributed by atoms with Crippen LogP contribution in [0.1, 0.15) is 17.5 Å². The highest BCUT2D eigenvalue weighted by molar-refractivity contribution is 6.31. The summed E-state index contributed by atoms with van der Waals surface area (Å²) in [5, 5.41) is 20.6. The van der Waals surface area contributed by atoms with E-state index < -0.39 is 22.8 Å². The number of carbonyl (C=O) groups is 2. The molecule has 0 saturated heterocycles. The van der Waals surface area contributed by atoms with Gasteiger partial charge in [0, 0.05) is 24.7 Å². The van der Waals surface area contributed by atoms with Crippen LogP contribution in [0.5, 0.6) is 0 Å². The van der Waals surface area contributed by atoms with Crippen LogP contribution in [0.3, 0.4) is 0 Å². The first-order chi connectivity index (χ1) is 15.2. The van der Waals surface area contributed by atoms with Crippen molar-refractivity contribution in [3.63, 3.8) is 0 Å². The predicted molar refractivity (Wildman–Crippen MR) is 111 cm³/mol. The molecule has 0 aliphatic heterocycles. The van der Waals surface area contributed by atoms with Gasteiger partial charge >= 0.3 is 12.2 Å². The van der Waals surface area contributed by atoms with Gasteiger partial charge in [-0.15, -0.1) is 10.2 Å². The number of nitrogens with one attached hydrogen (secondary N) is 4. The van der Waals surface area contributed by atoms with E-state index >= 15 is 0 Å². The Bertz CT molecular complexity index is 1120. The molecule has 0 bridgehead atoms. The fourth-order valence-electron chi connectivity index (χ4n) is 2.80.